The minimum Gasteiger partial charge on any atom is -0.339 e. The average molecular weight is 269 g/mol. The Labute approximate surface area is 111 Å². The van der Waals surface area contributed by atoms with Gasteiger partial charge in [-0.15, -0.1) is 11.6 Å². The first kappa shape index (κ1) is 13.1. The highest BCUT2D eigenvalue weighted by atomic mass is 35.5. The Bertz CT molecular complexity index is 456. The van der Waals surface area contributed by atoms with E-state index >= 15 is 0 Å². The molecule has 0 saturated carbocycles. The van der Waals surface area contributed by atoms with Crippen molar-refractivity contribution in [1.29, 1.82) is 0 Å². The summed E-state index contributed by atoms with van der Waals surface area (Å²) in [6.45, 7) is 3.48. The van der Waals surface area contributed by atoms with E-state index in [0.29, 0.717) is 11.5 Å². The van der Waals surface area contributed by atoms with Gasteiger partial charge in [-0.2, -0.15) is 0 Å². The summed E-state index contributed by atoms with van der Waals surface area (Å²) in [5.41, 5.74) is 0.341. The van der Waals surface area contributed by atoms with Crippen molar-refractivity contribution in [3.63, 3.8) is 0 Å². The van der Waals surface area contributed by atoms with E-state index in [1.165, 1.54) is 12.3 Å². The summed E-state index contributed by atoms with van der Waals surface area (Å²) in [7, 11) is 0. The van der Waals surface area contributed by atoms with E-state index in [1.807, 2.05) is 11.8 Å². The van der Waals surface area contributed by atoms with Crippen LogP contribution >= 0.6 is 11.6 Å². The number of aromatic nitrogens is 1. The number of rotatable bonds is 2. The number of carbonyl (C=O) groups excluding carboxylic acids is 1. The number of alkyl halides is 1. The van der Waals surface area contributed by atoms with Crippen LogP contribution in [0.2, 0.25) is 0 Å². The van der Waals surface area contributed by atoms with Gasteiger partial charge in [0, 0.05) is 30.7 Å². The molecule has 1 aliphatic heterocycles. The molecule has 0 radical (unpaired) electrons. The van der Waals surface area contributed by atoms with Gasteiger partial charge >= 0.3 is 0 Å². The number of likely N-dealkylation sites (tertiary alicyclic amines) is 1. The van der Waals surface area contributed by atoms with Crippen LogP contribution in [0.5, 0.6) is 0 Å². The number of hydrogen-bond donors (Lipinski definition) is 1. The summed E-state index contributed by atoms with van der Waals surface area (Å²) < 4.78 is 0. The molecular formula is C13H17ClN2O2. The van der Waals surface area contributed by atoms with E-state index < -0.39 is 0 Å². The molecule has 0 aliphatic carbocycles. The molecule has 4 nitrogen and oxygen atoms in total. The molecule has 2 heterocycles. The number of H-pyrrole nitrogens is 1. The zero-order valence-electron chi connectivity index (χ0n) is 10.4. The van der Waals surface area contributed by atoms with Crippen LogP contribution in [-0.2, 0) is 0 Å². The van der Waals surface area contributed by atoms with Gasteiger partial charge < -0.3 is 9.88 Å². The maximum Gasteiger partial charge on any atom is 0.255 e. The lowest BCUT2D eigenvalue weighted by molar-refractivity contribution is 0.0689. The summed E-state index contributed by atoms with van der Waals surface area (Å²) in [6.07, 6.45) is 3.36. The lowest BCUT2D eigenvalue weighted by atomic mass is 9.94. The fourth-order valence-corrected chi connectivity index (χ4v) is 2.54. The normalized spacial score (nSPS) is 18.7. The van der Waals surface area contributed by atoms with Crippen LogP contribution < -0.4 is 5.56 Å². The lowest BCUT2D eigenvalue weighted by Crippen LogP contribution is -2.40. The molecule has 5 heteroatoms. The fourth-order valence-electron chi connectivity index (χ4n) is 2.29. The van der Waals surface area contributed by atoms with Crippen molar-refractivity contribution in [2.75, 3.05) is 13.1 Å². The van der Waals surface area contributed by atoms with Gasteiger partial charge in [0.2, 0.25) is 5.56 Å². The molecule has 2 rings (SSSR count). The Morgan fingerprint density at radius 1 is 1.44 bits per heavy atom. The summed E-state index contributed by atoms with van der Waals surface area (Å²) in [5, 5.41) is 0.162. The van der Waals surface area contributed by atoms with E-state index in [4.69, 9.17) is 11.6 Å². The SMILES string of the molecule is CC(Cl)C1CCN(C(=O)c2ccc(=O)[nH]c2)CC1. The van der Waals surface area contributed by atoms with Crippen LogP contribution in [0.4, 0.5) is 0 Å². The molecular weight excluding hydrogens is 252 g/mol. The van der Waals surface area contributed by atoms with Gasteiger partial charge in [-0.1, -0.05) is 0 Å². The monoisotopic (exact) mass is 268 g/mol. The summed E-state index contributed by atoms with van der Waals surface area (Å²) in [5.74, 6) is 0.471. The number of nitrogens with one attached hydrogen (secondary N) is 1. The van der Waals surface area contributed by atoms with Gasteiger partial charge in [0.25, 0.3) is 5.91 Å². The van der Waals surface area contributed by atoms with E-state index in [-0.39, 0.29) is 16.8 Å². The van der Waals surface area contributed by atoms with Crippen molar-refractivity contribution in [1.82, 2.24) is 9.88 Å². The fraction of sp³-hybridized carbons (Fsp3) is 0.538. The molecule has 1 aliphatic rings. The van der Waals surface area contributed by atoms with Crippen LogP contribution in [0.25, 0.3) is 0 Å². The number of pyridine rings is 1. The molecule has 18 heavy (non-hydrogen) atoms. The van der Waals surface area contributed by atoms with E-state index in [0.717, 1.165) is 25.9 Å². The van der Waals surface area contributed by atoms with Crippen molar-refractivity contribution < 1.29 is 4.79 Å². The average Bonchev–Trinajstić information content (AvgIpc) is 2.39. The topological polar surface area (TPSA) is 53.2 Å². The Kier molecular flexibility index (Phi) is 4.07. The highest BCUT2D eigenvalue weighted by molar-refractivity contribution is 6.20. The molecule has 1 aromatic heterocycles. The quantitative estimate of drug-likeness (QED) is 0.833. The third-order valence-electron chi connectivity index (χ3n) is 3.51. The number of aromatic amines is 1. The minimum absolute atomic E-state index is 0.0214. The molecule has 0 spiro atoms. The second-order valence-corrected chi connectivity index (χ2v) is 5.44. The first-order valence-corrected chi connectivity index (χ1v) is 6.63. The zero-order valence-corrected chi connectivity index (χ0v) is 11.1. The number of hydrogen-bond acceptors (Lipinski definition) is 2. The summed E-state index contributed by atoms with van der Waals surface area (Å²) in [6, 6.07) is 2.94. The summed E-state index contributed by atoms with van der Waals surface area (Å²) in [4.78, 5) is 27.4. The smallest absolute Gasteiger partial charge is 0.255 e. The first-order chi connectivity index (χ1) is 8.58. The van der Waals surface area contributed by atoms with E-state index in [2.05, 4.69) is 4.98 Å². The highest BCUT2D eigenvalue weighted by Gasteiger charge is 2.25. The van der Waals surface area contributed by atoms with Crippen molar-refractivity contribution in [2.45, 2.75) is 25.1 Å². The van der Waals surface area contributed by atoms with Crippen LogP contribution in [-0.4, -0.2) is 34.3 Å². The van der Waals surface area contributed by atoms with E-state index in [9.17, 15) is 9.59 Å². The third kappa shape index (κ3) is 2.93. The second-order valence-electron chi connectivity index (χ2n) is 4.75. The maximum atomic E-state index is 12.2. The van der Waals surface area contributed by atoms with Crippen LogP contribution in [0.15, 0.2) is 23.1 Å². The van der Waals surface area contributed by atoms with Gasteiger partial charge in [-0.25, -0.2) is 0 Å². The third-order valence-corrected chi connectivity index (χ3v) is 3.86. The van der Waals surface area contributed by atoms with Crippen LogP contribution in [0.1, 0.15) is 30.1 Å². The maximum absolute atomic E-state index is 12.2. The number of carbonyl (C=O) groups is 1. The molecule has 98 valence electrons. The molecule has 0 bridgehead atoms. The Morgan fingerprint density at radius 2 is 2.11 bits per heavy atom. The number of piperidine rings is 1. The molecule has 1 aromatic rings. The van der Waals surface area contributed by atoms with Crippen molar-refractivity contribution >= 4 is 17.5 Å². The van der Waals surface area contributed by atoms with Gasteiger partial charge in [-0.3, -0.25) is 9.59 Å². The Morgan fingerprint density at radius 3 is 2.61 bits per heavy atom. The molecule has 1 unspecified atom stereocenters. The van der Waals surface area contributed by atoms with Gasteiger partial charge in [0.15, 0.2) is 0 Å². The minimum atomic E-state index is -0.193. The van der Waals surface area contributed by atoms with Crippen molar-refractivity contribution in [3.8, 4) is 0 Å². The lowest BCUT2D eigenvalue weighted by Gasteiger charge is -2.33. The summed E-state index contributed by atoms with van der Waals surface area (Å²) >= 11 is 6.08. The van der Waals surface area contributed by atoms with Gasteiger partial charge in [-0.05, 0) is 31.7 Å². The predicted molar refractivity (Wildman–Crippen MR) is 71.0 cm³/mol. The van der Waals surface area contributed by atoms with Gasteiger partial charge in [0.05, 0.1) is 5.56 Å². The standard InChI is InChI=1S/C13H17ClN2O2/c1-9(14)10-4-6-16(7-5-10)13(18)11-2-3-12(17)15-8-11/h2-3,8-10H,4-7H2,1H3,(H,15,17). The zero-order chi connectivity index (χ0) is 13.1. The predicted octanol–water partition coefficient (Wildman–Crippen LogP) is 1.85. The molecule has 0 aromatic carbocycles. The Hall–Kier alpha value is -1.29. The molecule has 1 amide bonds. The van der Waals surface area contributed by atoms with Crippen LogP contribution in [0.3, 0.4) is 0 Å². The Balaban J connectivity index is 1.99. The molecule has 1 atom stereocenters. The largest absolute Gasteiger partial charge is 0.339 e. The van der Waals surface area contributed by atoms with Gasteiger partial charge in [0.1, 0.15) is 0 Å². The second kappa shape index (κ2) is 5.57. The van der Waals surface area contributed by atoms with E-state index in [1.54, 1.807) is 6.07 Å². The van der Waals surface area contributed by atoms with Crippen LogP contribution in [0, 0.1) is 5.92 Å². The molecule has 1 N–H and O–H groups in total. The number of amides is 1. The highest BCUT2D eigenvalue weighted by Crippen LogP contribution is 2.24. The van der Waals surface area contributed by atoms with Crippen molar-refractivity contribution in [2.24, 2.45) is 5.92 Å². The number of halogens is 1. The number of nitrogens with zero attached hydrogens (tertiary/aromatic N) is 1. The van der Waals surface area contributed by atoms with Crippen molar-refractivity contribution in [3.05, 3.63) is 34.2 Å². The molecule has 1 saturated heterocycles. The molecule has 1 fully saturated rings. The first-order valence-electron chi connectivity index (χ1n) is 6.20.